The Balaban J connectivity index is 2.98. The van der Waals surface area contributed by atoms with Gasteiger partial charge in [-0.2, -0.15) is 0 Å². The number of allylic oxidation sites excluding steroid dienone is 1. The molecule has 0 aliphatic rings. The van der Waals surface area contributed by atoms with Crippen molar-refractivity contribution < 1.29 is 4.39 Å². The van der Waals surface area contributed by atoms with Crippen LogP contribution in [-0.4, -0.2) is 12.7 Å². The standard InChI is InChI=1S/C5H10FN/c1-2-3-5(6)4-7/h2,5H,1,3-4,7H2. The van der Waals surface area contributed by atoms with Crippen LogP contribution in [0.25, 0.3) is 0 Å². The summed E-state index contributed by atoms with van der Waals surface area (Å²) in [5, 5.41) is 0. The Labute approximate surface area is 43.0 Å². The number of alkyl halides is 1. The minimum atomic E-state index is -0.891. The Morgan fingerprint density at radius 3 is 2.57 bits per heavy atom. The van der Waals surface area contributed by atoms with Crippen molar-refractivity contribution in [2.45, 2.75) is 12.6 Å². The van der Waals surface area contributed by atoms with E-state index < -0.39 is 6.17 Å². The lowest BCUT2D eigenvalue weighted by atomic mass is 10.3. The van der Waals surface area contributed by atoms with Gasteiger partial charge in [-0.3, -0.25) is 0 Å². The lowest BCUT2D eigenvalue weighted by Crippen LogP contribution is -2.13. The average molecular weight is 103 g/mol. The number of rotatable bonds is 3. The molecule has 2 heteroatoms. The third kappa shape index (κ3) is 3.46. The number of hydrogen-bond donors (Lipinski definition) is 1. The first-order valence-electron chi connectivity index (χ1n) is 2.26. The fourth-order valence-electron chi connectivity index (χ4n) is 0.277. The van der Waals surface area contributed by atoms with Gasteiger partial charge in [-0.15, -0.1) is 6.58 Å². The number of hydrogen-bond acceptors (Lipinski definition) is 1. The Bertz CT molecular complexity index is 54.0. The van der Waals surface area contributed by atoms with Gasteiger partial charge in [-0.25, -0.2) is 4.39 Å². The molecule has 1 atom stereocenters. The second-order valence-electron chi connectivity index (χ2n) is 1.36. The van der Waals surface area contributed by atoms with E-state index in [1.807, 2.05) is 0 Å². The van der Waals surface area contributed by atoms with Crippen molar-refractivity contribution in [1.82, 2.24) is 0 Å². The van der Waals surface area contributed by atoms with Gasteiger partial charge in [0.15, 0.2) is 0 Å². The highest BCUT2D eigenvalue weighted by molar-refractivity contribution is 4.72. The van der Waals surface area contributed by atoms with Crippen molar-refractivity contribution >= 4 is 0 Å². The average Bonchev–Trinajstić information content (AvgIpc) is 1.68. The van der Waals surface area contributed by atoms with Crippen molar-refractivity contribution in [3.63, 3.8) is 0 Å². The highest BCUT2D eigenvalue weighted by Crippen LogP contribution is 1.93. The molecule has 0 spiro atoms. The summed E-state index contributed by atoms with van der Waals surface area (Å²) in [5.41, 5.74) is 4.94. The summed E-state index contributed by atoms with van der Waals surface area (Å²) in [4.78, 5) is 0. The molecular formula is C5H10FN. The van der Waals surface area contributed by atoms with E-state index in [-0.39, 0.29) is 6.54 Å². The van der Waals surface area contributed by atoms with E-state index in [1.165, 1.54) is 6.08 Å². The molecule has 0 saturated carbocycles. The molecule has 1 unspecified atom stereocenters. The van der Waals surface area contributed by atoms with Gasteiger partial charge in [0.1, 0.15) is 6.17 Å². The minimum absolute atomic E-state index is 0.103. The second-order valence-corrected chi connectivity index (χ2v) is 1.36. The van der Waals surface area contributed by atoms with Crippen molar-refractivity contribution in [2.24, 2.45) is 5.73 Å². The maximum absolute atomic E-state index is 11.9. The minimum Gasteiger partial charge on any atom is -0.328 e. The molecular weight excluding hydrogens is 93.1 g/mol. The van der Waals surface area contributed by atoms with E-state index >= 15 is 0 Å². The fourth-order valence-corrected chi connectivity index (χ4v) is 0.277. The van der Waals surface area contributed by atoms with Crippen molar-refractivity contribution in [3.8, 4) is 0 Å². The molecule has 7 heavy (non-hydrogen) atoms. The molecule has 0 bridgehead atoms. The topological polar surface area (TPSA) is 26.0 Å². The largest absolute Gasteiger partial charge is 0.328 e. The Morgan fingerprint density at radius 1 is 1.86 bits per heavy atom. The Morgan fingerprint density at radius 2 is 2.43 bits per heavy atom. The van der Waals surface area contributed by atoms with Gasteiger partial charge < -0.3 is 5.73 Å². The third-order valence-corrected chi connectivity index (χ3v) is 0.678. The molecule has 0 aromatic heterocycles. The maximum Gasteiger partial charge on any atom is 0.116 e. The van der Waals surface area contributed by atoms with Crippen LogP contribution < -0.4 is 5.73 Å². The highest BCUT2D eigenvalue weighted by atomic mass is 19.1. The normalized spacial score (nSPS) is 13.4. The molecule has 0 aliphatic heterocycles. The highest BCUT2D eigenvalue weighted by Gasteiger charge is 1.96. The van der Waals surface area contributed by atoms with Crippen LogP contribution in [-0.2, 0) is 0 Å². The Kier molecular flexibility index (Phi) is 3.61. The van der Waals surface area contributed by atoms with Gasteiger partial charge in [0.25, 0.3) is 0 Å². The van der Waals surface area contributed by atoms with Gasteiger partial charge >= 0.3 is 0 Å². The van der Waals surface area contributed by atoms with Crippen molar-refractivity contribution in [1.29, 1.82) is 0 Å². The van der Waals surface area contributed by atoms with Crippen molar-refractivity contribution in [2.75, 3.05) is 6.54 Å². The van der Waals surface area contributed by atoms with Gasteiger partial charge in [-0.05, 0) is 6.42 Å². The summed E-state index contributed by atoms with van der Waals surface area (Å²) >= 11 is 0. The number of halogens is 1. The molecule has 42 valence electrons. The van der Waals surface area contributed by atoms with E-state index in [0.29, 0.717) is 6.42 Å². The van der Waals surface area contributed by atoms with Crippen LogP contribution in [0, 0.1) is 0 Å². The van der Waals surface area contributed by atoms with Crippen LogP contribution in [0.3, 0.4) is 0 Å². The first-order chi connectivity index (χ1) is 3.31. The fraction of sp³-hybridized carbons (Fsp3) is 0.600. The monoisotopic (exact) mass is 103 g/mol. The number of nitrogens with two attached hydrogens (primary N) is 1. The van der Waals surface area contributed by atoms with E-state index in [9.17, 15) is 4.39 Å². The molecule has 2 N–H and O–H groups in total. The smallest absolute Gasteiger partial charge is 0.116 e. The summed E-state index contributed by atoms with van der Waals surface area (Å²) in [6, 6.07) is 0. The zero-order valence-electron chi connectivity index (χ0n) is 4.23. The van der Waals surface area contributed by atoms with Gasteiger partial charge in [0.05, 0.1) is 0 Å². The zero-order valence-corrected chi connectivity index (χ0v) is 4.23. The van der Waals surface area contributed by atoms with Crippen molar-refractivity contribution in [3.05, 3.63) is 12.7 Å². The predicted molar refractivity (Wildman–Crippen MR) is 28.8 cm³/mol. The van der Waals surface area contributed by atoms with E-state index in [4.69, 9.17) is 5.73 Å². The molecule has 0 fully saturated rings. The summed E-state index contributed by atoms with van der Waals surface area (Å²) in [6.45, 7) is 3.46. The van der Waals surface area contributed by atoms with Gasteiger partial charge in [0.2, 0.25) is 0 Å². The van der Waals surface area contributed by atoms with Gasteiger partial charge in [-0.1, -0.05) is 6.08 Å². The summed E-state index contributed by atoms with van der Waals surface area (Å²) in [7, 11) is 0. The van der Waals surface area contributed by atoms with E-state index in [1.54, 1.807) is 0 Å². The summed E-state index contributed by atoms with van der Waals surface area (Å²) in [6.07, 6.45) is 1.01. The molecule has 0 saturated heterocycles. The van der Waals surface area contributed by atoms with Crippen LogP contribution >= 0.6 is 0 Å². The summed E-state index contributed by atoms with van der Waals surface area (Å²) < 4.78 is 11.9. The second kappa shape index (κ2) is 3.81. The summed E-state index contributed by atoms with van der Waals surface area (Å²) in [5.74, 6) is 0. The van der Waals surface area contributed by atoms with Gasteiger partial charge in [0, 0.05) is 6.54 Å². The molecule has 0 amide bonds. The van der Waals surface area contributed by atoms with E-state index in [0.717, 1.165) is 0 Å². The zero-order chi connectivity index (χ0) is 5.70. The van der Waals surface area contributed by atoms with E-state index in [2.05, 4.69) is 6.58 Å². The molecule has 0 aromatic carbocycles. The predicted octanol–water partition coefficient (Wildman–Crippen LogP) is 0.859. The first kappa shape index (κ1) is 6.63. The molecule has 0 heterocycles. The van der Waals surface area contributed by atoms with Crippen LogP contribution in [0.4, 0.5) is 4.39 Å². The maximum atomic E-state index is 11.9. The SMILES string of the molecule is C=CCC(F)CN. The first-order valence-corrected chi connectivity index (χ1v) is 2.26. The molecule has 0 aromatic rings. The lowest BCUT2D eigenvalue weighted by Gasteiger charge is -1.95. The molecule has 0 aliphatic carbocycles. The quantitative estimate of drug-likeness (QED) is 0.527. The van der Waals surface area contributed by atoms with Crippen LogP contribution in [0.1, 0.15) is 6.42 Å². The lowest BCUT2D eigenvalue weighted by molar-refractivity contribution is 0.345. The third-order valence-electron chi connectivity index (χ3n) is 0.678. The molecule has 0 rings (SSSR count). The molecule has 0 radical (unpaired) electrons. The Hall–Kier alpha value is -0.370. The van der Waals surface area contributed by atoms with Crippen LogP contribution in [0.5, 0.6) is 0 Å². The molecule has 1 nitrogen and oxygen atoms in total. The van der Waals surface area contributed by atoms with Crippen LogP contribution in [0.2, 0.25) is 0 Å². The van der Waals surface area contributed by atoms with Crippen LogP contribution in [0.15, 0.2) is 12.7 Å².